The number of nitrogens with zero attached hydrogens (tertiary/aromatic N) is 2. The van der Waals surface area contributed by atoms with E-state index in [1.807, 2.05) is 53.9 Å². The largest absolute Gasteiger partial charge is 0.319 e. The second-order valence-corrected chi connectivity index (χ2v) is 5.16. The number of hydrogen-bond donors (Lipinski definition) is 2. The molecule has 100 valence electrons. The molecule has 20 heavy (non-hydrogen) atoms. The summed E-state index contributed by atoms with van der Waals surface area (Å²) in [4.78, 5) is 8.73. The summed E-state index contributed by atoms with van der Waals surface area (Å²) in [5, 5.41) is 5.94. The maximum absolute atomic E-state index is 6.22. The molecule has 0 aliphatic carbocycles. The minimum atomic E-state index is -0.202. The predicted octanol–water partition coefficient (Wildman–Crippen LogP) is 3.33. The number of rotatable bonds is 4. The maximum Gasteiger partial charge on any atom is 0.188 e. The molecule has 2 heterocycles. The van der Waals surface area contributed by atoms with Gasteiger partial charge in [-0.25, -0.2) is 9.97 Å². The maximum atomic E-state index is 6.22. The molecule has 0 bridgehead atoms. The van der Waals surface area contributed by atoms with E-state index in [1.165, 1.54) is 11.3 Å². The molecule has 0 saturated heterocycles. The summed E-state index contributed by atoms with van der Waals surface area (Å²) in [6, 6.07) is 15.5. The van der Waals surface area contributed by atoms with Crippen LogP contribution in [0.5, 0.6) is 0 Å². The Labute approximate surface area is 121 Å². The number of nitrogens with one attached hydrogen (secondary N) is 1. The van der Waals surface area contributed by atoms with E-state index in [2.05, 4.69) is 15.3 Å². The monoisotopic (exact) mass is 282 g/mol. The van der Waals surface area contributed by atoms with E-state index >= 15 is 0 Å². The van der Waals surface area contributed by atoms with Crippen molar-refractivity contribution in [2.45, 2.75) is 6.04 Å². The van der Waals surface area contributed by atoms with Crippen molar-refractivity contribution in [2.24, 2.45) is 5.73 Å². The van der Waals surface area contributed by atoms with Crippen LogP contribution in [0.4, 0.5) is 10.9 Å². The van der Waals surface area contributed by atoms with E-state index in [0.29, 0.717) is 0 Å². The third-order valence-electron chi connectivity index (χ3n) is 2.90. The Morgan fingerprint density at radius 2 is 1.85 bits per heavy atom. The highest BCUT2D eigenvalue weighted by Gasteiger charge is 2.12. The van der Waals surface area contributed by atoms with Crippen molar-refractivity contribution in [3.63, 3.8) is 0 Å². The lowest BCUT2D eigenvalue weighted by Gasteiger charge is -2.08. The van der Waals surface area contributed by atoms with Crippen LogP contribution in [0.1, 0.15) is 17.3 Å². The molecule has 0 amide bonds. The molecule has 0 spiro atoms. The Kier molecular flexibility index (Phi) is 3.71. The molecule has 2 aromatic heterocycles. The van der Waals surface area contributed by atoms with Crippen molar-refractivity contribution >= 4 is 22.3 Å². The third-order valence-corrected chi connectivity index (χ3v) is 3.68. The molecule has 1 aromatic carbocycles. The predicted molar refractivity (Wildman–Crippen MR) is 82.1 cm³/mol. The number of benzene rings is 1. The summed E-state index contributed by atoms with van der Waals surface area (Å²) in [7, 11) is 0. The van der Waals surface area contributed by atoms with E-state index in [9.17, 15) is 0 Å². The summed E-state index contributed by atoms with van der Waals surface area (Å²) in [5.74, 6) is 0.779. The molecular weight excluding hydrogens is 268 g/mol. The molecule has 3 N–H and O–H groups in total. The fourth-order valence-corrected chi connectivity index (χ4v) is 2.62. The van der Waals surface area contributed by atoms with Crippen molar-refractivity contribution in [1.82, 2.24) is 9.97 Å². The molecule has 3 aromatic rings. The first-order valence-corrected chi connectivity index (χ1v) is 7.15. The SMILES string of the molecule is NC(c1ccccc1)c1csc(Nc2ccccn2)n1. The zero-order valence-corrected chi connectivity index (χ0v) is 11.5. The highest BCUT2D eigenvalue weighted by molar-refractivity contribution is 7.13. The van der Waals surface area contributed by atoms with E-state index in [4.69, 9.17) is 5.73 Å². The minimum Gasteiger partial charge on any atom is -0.319 e. The standard InChI is InChI=1S/C15H14N4S/c16-14(11-6-2-1-3-7-11)12-10-20-15(18-12)19-13-8-4-5-9-17-13/h1-10,14H,16H2,(H,17,18,19). The quantitative estimate of drug-likeness (QED) is 0.770. The molecule has 0 aliphatic heterocycles. The van der Waals surface area contributed by atoms with Crippen LogP contribution in [0.25, 0.3) is 0 Å². The molecule has 0 aliphatic rings. The van der Waals surface area contributed by atoms with Gasteiger partial charge < -0.3 is 11.1 Å². The lowest BCUT2D eigenvalue weighted by Crippen LogP contribution is -2.12. The van der Waals surface area contributed by atoms with Crippen LogP contribution in [0.3, 0.4) is 0 Å². The van der Waals surface area contributed by atoms with Gasteiger partial charge >= 0.3 is 0 Å². The van der Waals surface area contributed by atoms with Gasteiger partial charge in [0.2, 0.25) is 0 Å². The Bertz CT molecular complexity index is 667. The van der Waals surface area contributed by atoms with Crippen molar-refractivity contribution < 1.29 is 0 Å². The van der Waals surface area contributed by atoms with Crippen LogP contribution in [0.2, 0.25) is 0 Å². The Morgan fingerprint density at radius 3 is 2.60 bits per heavy atom. The Balaban J connectivity index is 1.77. The van der Waals surface area contributed by atoms with Gasteiger partial charge in [-0.15, -0.1) is 11.3 Å². The molecule has 1 atom stereocenters. The first kappa shape index (κ1) is 12.8. The number of aromatic nitrogens is 2. The van der Waals surface area contributed by atoms with Crippen LogP contribution >= 0.6 is 11.3 Å². The number of thiazole rings is 1. The second-order valence-electron chi connectivity index (χ2n) is 4.31. The number of nitrogens with two attached hydrogens (primary N) is 1. The van der Waals surface area contributed by atoms with E-state index in [0.717, 1.165) is 22.2 Å². The van der Waals surface area contributed by atoms with Crippen LogP contribution in [-0.2, 0) is 0 Å². The average Bonchev–Trinajstić information content (AvgIpc) is 2.97. The zero-order valence-electron chi connectivity index (χ0n) is 10.7. The van der Waals surface area contributed by atoms with Gasteiger partial charge in [-0.05, 0) is 17.7 Å². The van der Waals surface area contributed by atoms with Gasteiger partial charge in [-0.3, -0.25) is 0 Å². The van der Waals surface area contributed by atoms with Crippen molar-refractivity contribution in [1.29, 1.82) is 0 Å². The summed E-state index contributed by atoms with van der Waals surface area (Å²) in [6.45, 7) is 0. The first-order chi connectivity index (χ1) is 9.83. The average molecular weight is 282 g/mol. The number of hydrogen-bond acceptors (Lipinski definition) is 5. The second kappa shape index (κ2) is 5.81. The molecule has 1 unspecified atom stereocenters. The first-order valence-electron chi connectivity index (χ1n) is 6.27. The van der Waals surface area contributed by atoms with Gasteiger partial charge in [0.15, 0.2) is 5.13 Å². The van der Waals surface area contributed by atoms with Crippen molar-refractivity contribution in [2.75, 3.05) is 5.32 Å². The lowest BCUT2D eigenvalue weighted by molar-refractivity contribution is 0.840. The van der Waals surface area contributed by atoms with Gasteiger partial charge in [0.05, 0.1) is 11.7 Å². The van der Waals surface area contributed by atoms with Gasteiger partial charge in [-0.2, -0.15) is 0 Å². The molecular formula is C15H14N4S. The fraction of sp³-hybridized carbons (Fsp3) is 0.0667. The van der Waals surface area contributed by atoms with Crippen LogP contribution in [0, 0.1) is 0 Å². The van der Waals surface area contributed by atoms with E-state index in [1.54, 1.807) is 6.20 Å². The van der Waals surface area contributed by atoms with Crippen molar-refractivity contribution in [3.8, 4) is 0 Å². The van der Waals surface area contributed by atoms with Gasteiger partial charge in [0.1, 0.15) is 5.82 Å². The summed E-state index contributed by atoms with van der Waals surface area (Å²) in [6.07, 6.45) is 1.74. The summed E-state index contributed by atoms with van der Waals surface area (Å²) < 4.78 is 0. The highest BCUT2D eigenvalue weighted by Crippen LogP contribution is 2.25. The number of pyridine rings is 1. The van der Waals surface area contributed by atoms with Crippen LogP contribution < -0.4 is 11.1 Å². The summed E-state index contributed by atoms with van der Waals surface area (Å²) >= 11 is 1.53. The molecule has 0 fully saturated rings. The van der Waals surface area contributed by atoms with Crippen molar-refractivity contribution in [3.05, 3.63) is 71.4 Å². The van der Waals surface area contributed by atoms with E-state index in [-0.39, 0.29) is 6.04 Å². The Morgan fingerprint density at radius 1 is 1.05 bits per heavy atom. The number of anilines is 2. The zero-order chi connectivity index (χ0) is 13.8. The Hall–Kier alpha value is -2.24. The lowest BCUT2D eigenvalue weighted by atomic mass is 10.1. The fourth-order valence-electron chi connectivity index (χ4n) is 1.86. The molecule has 0 saturated carbocycles. The van der Waals surface area contributed by atoms with Gasteiger partial charge in [-0.1, -0.05) is 36.4 Å². The minimum absolute atomic E-state index is 0.202. The van der Waals surface area contributed by atoms with Crippen LogP contribution in [0.15, 0.2) is 60.1 Å². The molecule has 5 heteroatoms. The normalized spacial score (nSPS) is 12.1. The molecule has 0 radical (unpaired) electrons. The topological polar surface area (TPSA) is 63.8 Å². The smallest absolute Gasteiger partial charge is 0.188 e. The molecule has 4 nitrogen and oxygen atoms in total. The van der Waals surface area contributed by atoms with Crippen LogP contribution in [-0.4, -0.2) is 9.97 Å². The van der Waals surface area contributed by atoms with Gasteiger partial charge in [0.25, 0.3) is 0 Å². The van der Waals surface area contributed by atoms with E-state index < -0.39 is 0 Å². The van der Waals surface area contributed by atoms with Gasteiger partial charge in [0, 0.05) is 11.6 Å². The molecule has 3 rings (SSSR count). The third kappa shape index (κ3) is 2.84. The highest BCUT2D eigenvalue weighted by atomic mass is 32.1. The summed E-state index contributed by atoms with van der Waals surface area (Å²) in [5.41, 5.74) is 8.14.